The average molecular weight is 194 g/mol. The van der Waals surface area contributed by atoms with E-state index in [-0.39, 0.29) is 12.4 Å². The van der Waals surface area contributed by atoms with Crippen LogP contribution in [0.1, 0.15) is 39.0 Å². The SMILES string of the molecule is CCONCC1CCCCC1.Cl. The van der Waals surface area contributed by atoms with Crippen molar-refractivity contribution in [1.29, 1.82) is 0 Å². The van der Waals surface area contributed by atoms with Crippen molar-refractivity contribution in [1.82, 2.24) is 5.48 Å². The van der Waals surface area contributed by atoms with E-state index in [1.165, 1.54) is 32.1 Å². The average Bonchev–Trinajstić information content (AvgIpc) is 2.07. The van der Waals surface area contributed by atoms with E-state index in [2.05, 4.69) is 5.48 Å². The summed E-state index contributed by atoms with van der Waals surface area (Å²) < 4.78 is 0. The maximum Gasteiger partial charge on any atom is 0.0653 e. The van der Waals surface area contributed by atoms with Gasteiger partial charge in [0.25, 0.3) is 0 Å². The Bertz CT molecular complexity index is 94.5. The van der Waals surface area contributed by atoms with Gasteiger partial charge < -0.3 is 4.84 Å². The molecule has 1 aliphatic carbocycles. The largest absolute Gasteiger partial charge is 0.302 e. The molecule has 0 aromatic rings. The molecule has 0 aliphatic heterocycles. The Labute approximate surface area is 81.4 Å². The fourth-order valence-corrected chi connectivity index (χ4v) is 1.67. The Kier molecular flexibility index (Phi) is 7.98. The molecule has 0 unspecified atom stereocenters. The Morgan fingerprint density at radius 2 is 1.92 bits per heavy atom. The molecule has 0 amide bonds. The van der Waals surface area contributed by atoms with Crippen LogP contribution in [0, 0.1) is 5.92 Å². The minimum absolute atomic E-state index is 0. The van der Waals surface area contributed by atoms with Crippen molar-refractivity contribution in [3.63, 3.8) is 0 Å². The summed E-state index contributed by atoms with van der Waals surface area (Å²) in [7, 11) is 0. The van der Waals surface area contributed by atoms with E-state index in [4.69, 9.17) is 4.84 Å². The third-order valence-corrected chi connectivity index (χ3v) is 2.34. The van der Waals surface area contributed by atoms with Crippen molar-refractivity contribution < 1.29 is 4.84 Å². The molecule has 0 saturated heterocycles. The number of nitrogens with one attached hydrogen (secondary N) is 1. The molecule has 0 aromatic carbocycles. The molecule has 0 heterocycles. The van der Waals surface area contributed by atoms with Crippen LogP contribution in [0.4, 0.5) is 0 Å². The van der Waals surface area contributed by atoms with E-state index in [1.54, 1.807) is 0 Å². The predicted molar refractivity (Wildman–Crippen MR) is 53.5 cm³/mol. The van der Waals surface area contributed by atoms with E-state index in [1.807, 2.05) is 6.92 Å². The highest BCUT2D eigenvalue weighted by molar-refractivity contribution is 5.85. The molecule has 1 fully saturated rings. The van der Waals surface area contributed by atoms with E-state index < -0.39 is 0 Å². The van der Waals surface area contributed by atoms with E-state index >= 15 is 0 Å². The molecule has 2 nitrogen and oxygen atoms in total. The summed E-state index contributed by atoms with van der Waals surface area (Å²) in [5.74, 6) is 0.871. The van der Waals surface area contributed by atoms with Crippen LogP contribution < -0.4 is 5.48 Å². The first-order chi connectivity index (χ1) is 5.43. The lowest BCUT2D eigenvalue weighted by atomic mass is 9.89. The minimum atomic E-state index is 0. The molecule has 1 rings (SSSR count). The van der Waals surface area contributed by atoms with Gasteiger partial charge in [-0.1, -0.05) is 19.3 Å². The zero-order chi connectivity index (χ0) is 7.94. The molecule has 1 saturated carbocycles. The lowest BCUT2D eigenvalue weighted by Gasteiger charge is -2.21. The number of rotatable bonds is 4. The summed E-state index contributed by atoms with van der Waals surface area (Å²) in [4.78, 5) is 5.09. The van der Waals surface area contributed by atoms with E-state index in [0.717, 1.165) is 19.1 Å². The molecule has 74 valence electrons. The summed E-state index contributed by atoms with van der Waals surface area (Å²) in [6.45, 7) is 3.83. The maximum atomic E-state index is 5.09. The van der Waals surface area contributed by atoms with Crippen LogP contribution in [-0.4, -0.2) is 13.2 Å². The quantitative estimate of drug-likeness (QED) is 0.548. The van der Waals surface area contributed by atoms with Crippen LogP contribution in [0.5, 0.6) is 0 Å². The third kappa shape index (κ3) is 4.96. The molecule has 0 spiro atoms. The van der Waals surface area contributed by atoms with Gasteiger partial charge in [0.1, 0.15) is 0 Å². The predicted octanol–water partition coefficient (Wildman–Crippen LogP) is 2.53. The lowest BCUT2D eigenvalue weighted by molar-refractivity contribution is 0.0377. The van der Waals surface area contributed by atoms with Crippen molar-refractivity contribution in [2.24, 2.45) is 5.92 Å². The Morgan fingerprint density at radius 3 is 2.50 bits per heavy atom. The maximum absolute atomic E-state index is 5.09. The number of hydrogen-bond acceptors (Lipinski definition) is 2. The van der Waals surface area contributed by atoms with Crippen molar-refractivity contribution in [3.8, 4) is 0 Å². The van der Waals surface area contributed by atoms with Crippen molar-refractivity contribution in [3.05, 3.63) is 0 Å². The summed E-state index contributed by atoms with van der Waals surface area (Å²) in [5.41, 5.74) is 3.00. The second-order valence-electron chi connectivity index (χ2n) is 3.29. The first-order valence-corrected chi connectivity index (χ1v) is 4.78. The van der Waals surface area contributed by atoms with Gasteiger partial charge in [0.05, 0.1) is 6.61 Å². The van der Waals surface area contributed by atoms with Gasteiger partial charge in [-0.05, 0) is 25.7 Å². The highest BCUT2D eigenvalue weighted by Gasteiger charge is 2.12. The molecule has 12 heavy (non-hydrogen) atoms. The van der Waals surface area contributed by atoms with Gasteiger partial charge >= 0.3 is 0 Å². The van der Waals surface area contributed by atoms with Crippen molar-refractivity contribution >= 4 is 12.4 Å². The topological polar surface area (TPSA) is 21.3 Å². The summed E-state index contributed by atoms with van der Waals surface area (Å²) in [5, 5.41) is 0. The van der Waals surface area contributed by atoms with E-state index in [9.17, 15) is 0 Å². The van der Waals surface area contributed by atoms with E-state index in [0.29, 0.717) is 0 Å². The first-order valence-electron chi connectivity index (χ1n) is 4.78. The van der Waals surface area contributed by atoms with Crippen LogP contribution in [-0.2, 0) is 4.84 Å². The minimum Gasteiger partial charge on any atom is -0.302 e. The van der Waals surface area contributed by atoms with Gasteiger partial charge in [-0.15, -0.1) is 12.4 Å². The molecular weight excluding hydrogens is 174 g/mol. The summed E-state index contributed by atoms with van der Waals surface area (Å²) in [6.07, 6.45) is 7.04. The van der Waals surface area contributed by atoms with Crippen LogP contribution in [0.3, 0.4) is 0 Å². The molecule has 1 N–H and O–H groups in total. The molecule has 3 heteroatoms. The molecular formula is C9H20ClNO. The lowest BCUT2D eigenvalue weighted by Crippen LogP contribution is -2.24. The van der Waals surface area contributed by atoms with Crippen LogP contribution in [0.2, 0.25) is 0 Å². The normalized spacial score (nSPS) is 18.8. The second kappa shape index (κ2) is 7.84. The van der Waals surface area contributed by atoms with Gasteiger partial charge in [0, 0.05) is 6.54 Å². The van der Waals surface area contributed by atoms with Crippen molar-refractivity contribution in [2.45, 2.75) is 39.0 Å². The van der Waals surface area contributed by atoms with Gasteiger partial charge in [-0.25, -0.2) is 5.48 Å². The van der Waals surface area contributed by atoms with Gasteiger partial charge in [-0.2, -0.15) is 0 Å². The Hall–Kier alpha value is 0.210. The first kappa shape index (κ1) is 12.2. The van der Waals surface area contributed by atoms with Crippen molar-refractivity contribution in [2.75, 3.05) is 13.2 Å². The molecule has 0 radical (unpaired) electrons. The number of halogens is 1. The van der Waals surface area contributed by atoms with Gasteiger partial charge in [-0.3, -0.25) is 0 Å². The second-order valence-corrected chi connectivity index (χ2v) is 3.29. The Morgan fingerprint density at radius 1 is 1.25 bits per heavy atom. The molecule has 0 aromatic heterocycles. The zero-order valence-electron chi connectivity index (χ0n) is 7.84. The summed E-state index contributed by atoms with van der Waals surface area (Å²) in [6, 6.07) is 0. The molecule has 1 aliphatic rings. The molecule has 0 bridgehead atoms. The molecule has 0 atom stereocenters. The fraction of sp³-hybridized carbons (Fsp3) is 1.00. The smallest absolute Gasteiger partial charge is 0.0653 e. The highest BCUT2D eigenvalue weighted by atomic mass is 35.5. The van der Waals surface area contributed by atoms with Crippen LogP contribution >= 0.6 is 12.4 Å². The Balaban J connectivity index is 0.00000121. The van der Waals surface area contributed by atoms with Gasteiger partial charge in [0.2, 0.25) is 0 Å². The standard InChI is InChI=1S/C9H19NO.ClH/c1-2-11-10-8-9-6-4-3-5-7-9;/h9-10H,2-8H2,1H3;1H. The van der Waals surface area contributed by atoms with Gasteiger partial charge in [0.15, 0.2) is 0 Å². The number of hydroxylamine groups is 1. The third-order valence-electron chi connectivity index (χ3n) is 2.34. The highest BCUT2D eigenvalue weighted by Crippen LogP contribution is 2.22. The number of hydrogen-bond donors (Lipinski definition) is 1. The van der Waals surface area contributed by atoms with Crippen LogP contribution in [0.25, 0.3) is 0 Å². The van der Waals surface area contributed by atoms with Crippen LogP contribution in [0.15, 0.2) is 0 Å². The summed E-state index contributed by atoms with van der Waals surface area (Å²) >= 11 is 0. The fourth-order valence-electron chi connectivity index (χ4n) is 1.67. The monoisotopic (exact) mass is 193 g/mol. The zero-order valence-corrected chi connectivity index (χ0v) is 8.66.